The first kappa shape index (κ1) is 13.9. The molecule has 104 valence electrons. The quantitative estimate of drug-likeness (QED) is 0.896. The van der Waals surface area contributed by atoms with Gasteiger partial charge in [-0.3, -0.25) is 9.78 Å². The largest absolute Gasteiger partial charge is 0.386 e. The van der Waals surface area contributed by atoms with Crippen molar-refractivity contribution >= 4 is 23.0 Å². The zero-order valence-corrected chi connectivity index (χ0v) is 11.8. The summed E-state index contributed by atoms with van der Waals surface area (Å²) in [6.07, 6.45) is 3.23. The Morgan fingerprint density at radius 1 is 1.25 bits per heavy atom. The number of amides is 1. The zero-order chi connectivity index (χ0) is 14.5. The Balaban J connectivity index is 2.21. The number of carbonyl (C=O) groups is 1. The Morgan fingerprint density at radius 2 is 2.05 bits per heavy atom. The molecule has 0 saturated heterocycles. The first-order valence-electron chi connectivity index (χ1n) is 6.32. The van der Waals surface area contributed by atoms with Crippen LogP contribution in [0, 0.1) is 0 Å². The molecule has 0 bridgehead atoms. The van der Waals surface area contributed by atoms with Crippen molar-refractivity contribution in [2.75, 3.05) is 36.7 Å². The van der Waals surface area contributed by atoms with Gasteiger partial charge < -0.3 is 15.5 Å². The van der Waals surface area contributed by atoms with Crippen molar-refractivity contribution in [3.05, 3.63) is 48.3 Å². The minimum absolute atomic E-state index is 0.160. The first-order valence-corrected chi connectivity index (χ1v) is 6.32. The highest BCUT2D eigenvalue weighted by Crippen LogP contribution is 2.19. The predicted octanol–water partition coefficient (Wildman–Crippen LogP) is 2.44. The van der Waals surface area contributed by atoms with Crippen LogP contribution in [0.3, 0.4) is 0 Å². The fourth-order valence-corrected chi connectivity index (χ4v) is 1.85. The van der Waals surface area contributed by atoms with Gasteiger partial charge in [0.25, 0.3) is 5.91 Å². The molecule has 5 nitrogen and oxygen atoms in total. The van der Waals surface area contributed by atoms with Gasteiger partial charge in [0.05, 0.1) is 17.4 Å². The van der Waals surface area contributed by atoms with Gasteiger partial charge in [-0.1, -0.05) is 6.07 Å². The van der Waals surface area contributed by atoms with E-state index in [1.54, 1.807) is 25.5 Å². The molecule has 0 atom stereocenters. The number of pyridine rings is 1. The maximum atomic E-state index is 12.3. The monoisotopic (exact) mass is 270 g/mol. The summed E-state index contributed by atoms with van der Waals surface area (Å²) >= 11 is 0. The lowest BCUT2D eigenvalue weighted by Gasteiger charge is -2.14. The van der Waals surface area contributed by atoms with Crippen LogP contribution in [0.5, 0.6) is 0 Å². The molecule has 1 aromatic carbocycles. The van der Waals surface area contributed by atoms with Crippen molar-refractivity contribution in [2.45, 2.75) is 0 Å². The molecular formula is C15H18N4O. The van der Waals surface area contributed by atoms with E-state index in [1.165, 1.54) is 0 Å². The van der Waals surface area contributed by atoms with Crippen LogP contribution in [0.1, 0.15) is 10.4 Å². The number of nitrogens with zero attached hydrogens (tertiary/aromatic N) is 2. The summed E-state index contributed by atoms with van der Waals surface area (Å²) in [6.45, 7) is 0. The van der Waals surface area contributed by atoms with E-state index in [9.17, 15) is 4.79 Å². The molecule has 0 aliphatic carbocycles. The van der Waals surface area contributed by atoms with Crippen LogP contribution < -0.4 is 15.5 Å². The predicted molar refractivity (Wildman–Crippen MR) is 82.5 cm³/mol. The molecule has 2 aromatic rings. The standard InChI is InChI=1S/C15H18N4O/c1-16-14-10-17-8-7-13(14)15(20)18-11-5-4-6-12(9-11)19(2)3/h4-10,16H,1-3H3,(H,18,20). The van der Waals surface area contributed by atoms with E-state index >= 15 is 0 Å². The summed E-state index contributed by atoms with van der Waals surface area (Å²) in [4.78, 5) is 18.3. The molecule has 0 aliphatic rings. The van der Waals surface area contributed by atoms with Crippen LogP contribution in [0.4, 0.5) is 17.1 Å². The Labute approximate surface area is 118 Å². The van der Waals surface area contributed by atoms with Crippen molar-refractivity contribution in [1.82, 2.24) is 4.98 Å². The molecule has 0 aliphatic heterocycles. The van der Waals surface area contributed by atoms with Gasteiger partial charge in [-0.05, 0) is 24.3 Å². The Kier molecular flexibility index (Phi) is 4.20. The molecule has 0 unspecified atom stereocenters. The second-order valence-corrected chi connectivity index (χ2v) is 4.57. The number of aromatic nitrogens is 1. The molecular weight excluding hydrogens is 252 g/mol. The van der Waals surface area contributed by atoms with Crippen LogP contribution in [0.2, 0.25) is 0 Å². The van der Waals surface area contributed by atoms with Crippen LogP contribution in [0.15, 0.2) is 42.7 Å². The lowest BCUT2D eigenvalue weighted by Crippen LogP contribution is -2.15. The highest BCUT2D eigenvalue weighted by atomic mass is 16.1. The van der Waals surface area contributed by atoms with Crippen LogP contribution in [-0.4, -0.2) is 32.0 Å². The van der Waals surface area contributed by atoms with E-state index in [0.29, 0.717) is 11.3 Å². The van der Waals surface area contributed by atoms with Crippen molar-refractivity contribution in [2.24, 2.45) is 0 Å². The maximum absolute atomic E-state index is 12.3. The summed E-state index contributed by atoms with van der Waals surface area (Å²) < 4.78 is 0. The lowest BCUT2D eigenvalue weighted by atomic mass is 10.2. The molecule has 5 heteroatoms. The van der Waals surface area contributed by atoms with Gasteiger partial charge in [-0.2, -0.15) is 0 Å². The number of rotatable bonds is 4. The normalized spacial score (nSPS) is 9.95. The van der Waals surface area contributed by atoms with E-state index in [4.69, 9.17) is 0 Å². The number of hydrogen-bond donors (Lipinski definition) is 2. The van der Waals surface area contributed by atoms with E-state index in [-0.39, 0.29) is 5.91 Å². The van der Waals surface area contributed by atoms with Gasteiger partial charge in [-0.15, -0.1) is 0 Å². The maximum Gasteiger partial charge on any atom is 0.257 e. The molecule has 1 heterocycles. The third-order valence-corrected chi connectivity index (χ3v) is 2.96. The van der Waals surface area contributed by atoms with Gasteiger partial charge in [0.15, 0.2) is 0 Å². The molecule has 0 radical (unpaired) electrons. The minimum atomic E-state index is -0.160. The first-order chi connectivity index (χ1) is 9.61. The number of carbonyl (C=O) groups excluding carboxylic acids is 1. The number of nitrogens with one attached hydrogen (secondary N) is 2. The molecule has 2 N–H and O–H groups in total. The molecule has 20 heavy (non-hydrogen) atoms. The smallest absolute Gasteiger partial charge is 0.257 e. The molecule has 0 saturated carbocycles. The van der Waals surface area contributed by atoms with Crippen LogP contribution in [0.25, 0.3) is 0 Å². The van der Waals surface area contributed by atoms with Gasteiger partial charge in [0.2, 0.25) is 0 Å². The van der Waals surface area contributed by atoms with Gasteiger partial charge >= 0.3 is 0 Å². The molecule has 1 aromatic heterocycles. The van der Waals surface area contributed by atoms with E-state index in [1.807, 2.05) is 43.3 Å². The van der Waals surface area contributed by atoms with Crippen molar-refractivity contribution in [3.63, 3.8) is 0 Å². The molecule has 0 fully saturated rings. The second-order valence-electron chi connectivity index (χ2n) is 4.57. The Morgan fingerprint density at radius 3 is 2.75 bits per heavy atom. The summed E-state index contributed by atoms with van der Waals surface area (Å²) in [5.41, 5.74) is 3.07. The highest BCUT2D eigenvalue weighted by molar-refractivity contribution is 6.08. The topological polar surface area (TPSA) is 57.3 Å². The SMILES string of the molecule is CNc1cnccc1C(=O)Nc1cccc(N(C)C)c1. The number of benzene rings is 1. The van der Waals surface area contributed by atoms with Crippen molar-refractivity contribution < 1.29 is 4.79 Å². The molecule has 2 rings (SSSR count). The number of anilines is 3. The highest BCUT2D eigenvalue weighted by Gasteiger charge is 2.11. The molecule has 0 spiro atoms. The average molecular weight is 270 g/mol. The van der Waals surface area contributed by atoms with Crippen LogP contribution >= 0.6 is 0 Å². The fraction of sp³-hybridized carbons (Fsp3) is 0.200. The minimum Gasteiger partial charge on any atom is -0.386 e. The number of hydrogen-bond acceptors (Lipinski definition) is 4. The van der Waals surface area contributed by atoms with Gasteiger partial charge in [-0.25, -0.2) is 0 Å². The fourth-order valence-electron chi connectivity index (χ4n) is 1.85. The third kappa shape index (κ3) is 3.06. The lowest BCUT2D eigenvalue weighted by molar-refractivity contribution is 0.102. The summed E-state index contributed by atoms with van der Waals surface area (Å²) in [5, 5.41) is 5.86. The van der Waals surface area contributed by atoms with Crippen molar-refractivity contribution in [1.29, 1.82) is 0 Å². The van der Waals surface area contributed by atoms with E-state index in [2.05, 4.69) is 15.6 Å². The Hall–Kier alpha value is -2.56. The van der Waals surface area contributed by atoms with E-state index < -0.39 is 0 Å². The zero-order valence-electron chi connectivity index (χ0n) is 11.8. The van der Waals surface area contributed by atoms with Crippen molar-refractivity contribution in [3.8, 4) is 0 Å². The average Bonchev–Trinajstić information content (AvgIpc) is 2.47. The molecule has 1 amide bonds. The van der Waals surface area contributed by atoms with Gasteiger partial charge in [0, 0.05) is 38.7 Å². The summed E-state index contributed by atoms with van der Waals surface area (Å²) in [6, 6.07) is 9.39. The summed E-state index contributed by atoms with van der Waals surface area (Å²) in [7, 11) is 5.69. The Bertz CT molecular complexity index is 610. The second kappa shape index (κ2) is 6.06. The van der Waals surface area contributed by atoms with Crippen LogP contribution in [-0.2, 0) is 0 Å². The third-order valence-electron chi connectivity index (χ3n) is 2.96. The van der Waals surface area contributed by atoms with Gasteiger partial charge in [0.1, 0.15) is 0 Å². The van der Waals surface area contributed by atoms with E-state index in [0.717, 1.165) is 11.4 Å². The summed E-state index contributed by atoms with van der Waals surface area (Å²) in [5.74, 6) is -0.160.